The first-order valence-corrected chi connectivity index (χ1v) is 6.95. The first-order chi connectivity index (χ1) is 9.63. The summed E-state index contributed by atoms with van der Waals surface area (Å²) in [6, 6.07) is 0.0334. The van der Waals surface area contributed by atoms with Crippen LogP contribution in [0.3, 0.4) is 0 Å². The summed E-state index contributed by atoms with van der Waals surface area (Å²) < 4.78 is 9.33. The van der Waals surface area contributed by atoms with E-state index in [-0.39, 0.29) is 6.04 Å². The molecule has 20 heavy (non-hydrogen) atoms. The lowest BCUT2D eigenvalue weighted by Gasteiger charge is -2.20. The maximum absolute atomic E-state index is 5.47. The van der Waals surface area contributed by atoms with Gasteiger partial charge in [-0.05, 0) is 20.4 Å². The highest BCUT2D eigenvalue weighted by molar-refractivity contribution is 5.37. The molecule has 6 nitrogen and oxygen atoms in total. The lowest BCUT2D eigenvalue weighted by atomic mass is 10.0. The fraction of sp³-hybridized carbons (Fsp3) is 0.571. The minimum Gasteiger partial charge on any atom is -0.493 e. The Morgan fingerprint density at radius 3 is 2.55 bits per heavy atom. The number of hydrogen-bond donors (Lipinski definition) is 1. The molecule has 0 radical (unpaired) electrons. The van der Waals surface area contributed by atoms with Crippen molar-refractivity contribution < 1.29 is 4.74 Å². The number of methoxy groups -OCH3 is 1. The fourth-order valence-electron chi connectivity index (χ4n) is 2.44. The molecule has 2 rings (SSSR count). The van der Waals surface area contributed by atoms with Gasteiger partial charge in [-0.3, -0.25) is 9.36 Å². The first-order valence-electron chi connectivity index (χ1n) is 6.95. The SMILES string of the molecule is CCNC(c1cnn(C)c1C)c1c(OC)cnn1CC. The van der Waals surface area contributed by atoms with Gasteiger partial charge in [0.25, 0.3) is 0 Å². The molecule has 0 aliphatic rings. The average Bonchev–Trinajstić information content (AvgIpc) is 3.01. The lowest BCUT2D eigenvalue weighted by molar-refractivity contribution is 0.399. The Kier molecular flexibility index (Phi) is 4.44. The quantitative estimate of drug-likeness (QED) is 0.872. The Balaban J connectivity index is 2.53. The van der Waals surface area contributed by atoms with Gasteiger partial charge in [0.05, 0.1) is 25.5 Å². The van der Waals surface area contributed by atoms with E-state index in [0.29, 0.717) is 0 Å². The van der Waals surface area contributed by atoms with Crippen LogP contribution in [0.5, 0.6) is 5.75 Å². The summed E-state index contributed by atoms with van der Waals surface area (Å²) >= 11 is 0. The van der Waals surface area contributed by atoms with E-state index in [4.69, 9.17) is 4.74 Å². The topological polar surface area (TPSA) is 56.9 Å². The molecule has 0 bridgehead atoms. The summed E-state index contributed by atoms with van der Waals surface area (Å²) in [7, 11) is 3.63. The molecule has 1 atom stereocenters. The number of ether oxygens (including phenoxy) is 1. The van der Waals surface area contributed by atoms with Crippen molar-refractivity contribution >= 4 is 0 Å². The van der Waals surface area contributed by atoms with Gasteiger partial charge in [-0.15, -0.1) is 0 Å². The highest BCUT2D eigenvalue weighted by Crippen LogP contribution is 2.31. The van der Waals surface area contributed by atoms with Gasteiger partial charge in [-0.2, -0.15) is 10.2 Å². The predicted octanol–water partition coefficient (Wildman–Crippen LogP) is 1.65. The van der Waals surface area contributed by atoms with Crippen molar-refractivity contribution in [3.63, 3.8) is 0 Å². The van der Waals surface area contributed by atoms with Crippen LogP contribution in [0.4, 0.5) is 0 Å². The van der Waals surface area contributed by atoms with Crippen LogP contribution in [0.2, 0.25) is 0 Å². The van der Waals surface area contributed by atoms with Crippen molar-refractivity contribution in [2.45, 2.75) is 33.4 Å². The third-order valence-electron chi connectivity index (χ3n) is 3.63. The molecular weight excluding hydrogens is 254 g/mol. The van der Waals surface area contributed by atoms with Crippen molar-refractivity contribution in [1.82, 2.24) is 24.9 Å². The normalized spacial score (nSPS) is 12.7. The molecule has 2 heterocycles. The van der Waals surface area contributed by atoms with Crippen LogP contribution in [0.25, 0.3) is 0 Å². The van der Waals surface area contributed by atoms with Crippen molar-refractivity contribution in [3.05, 3.63) is 29.3 Å². The second-order valence-corrected chi connectivity index (χ2v) is 4.71. The zero-order chi connectivity index (χ0) is 14.7. The molecule has 1 N–H and O–H groups in total. The van der Waals surface area contributed by atoms with Gasteiger partial charge in [0.15, 0.2) is 5.75 Å². The van der Waals surface area contributed by atoms with Crippen LogP contribution in [-0.4, -0.2) is 33.2 Å². The fourth-order valence-corrected chi connectivity index (χ4v) is 2.44. The van der Waals surface area contributed by atoms with Crippen molar-refractivity contribution in [2.24, 2.45) is 7.05 Å². The van der Waals surface area contributed by atoms with Crippen LogP contribution in [0.1, 0.15) is 36.8 Å². The van der Waals surface area contributed by atoms with Gasteiger partial charge in [0.1, 0.15) is 5.69 Å². The van der Waals surface area contributed by atoms with Gasteiger partial charge >= 0.3 is 0 Å². The second-order valence-electron chi connectivity index (χ2n) is 4.71. The van der Waals surface area contributed by atoms with Gasteiger partial charge in [0, 0.05) is 24.8 Å². The van der Waals surface area contributed by atoms with E-state index in [1.165, 1.54) is 0 Å². The van der Waals surface area contributed by atoms with E-state index < -0.39 is 0 Å². The molecule has 110 valence electrons. The summed E-state index contributed by atoms with van der Waals surface area (Å²) in [4.78, 5) is 0. The number of nitrogens with one attached hydrogen (secondary N) is 1. The third kappa shape index (κ3) is 2.43. The minimum absolute atomic E-state index is 0.0334. The molecule has 0 fully saturated rings. The molecule has 0 saturated heterocycles. The summed E-state index contributed by atoms with van der Waals surface area (Å²) in [6.07, 6.45) is 3.68. The van der Waals surface area contributed by atoms with Crippen molar-refractivity contribution in [1.29, 1.82) is 0 Å². The number of rotatable bonds is 6. The first kappa shape index (κ1) is 14.6. The van der Waals surface area contributed by atoms with Crippen molar-refractivity contribution in [2.75, 3.05) is 13.7 Å². The number of aryl methyl sites for hydroxylation is 2. The van der Waals surface area contributed by atoms with Gasteiger partial charge in [-0.1, -0.05) is 6.92 Å². The Morgan fingerprint density at radius 1 is 1.30 bits per heavy atom. The molecule has 0 amide bonds. The van der Waals surface area contributed by atoms with Crippen LogP contribution in [0.15, 0.2) is 12.4 Å². The number of aromatic nitrogens is 4. The van der Waals surface area contributed by atoms with E-state index in [2.05, 4.69) is 36.3 Å². The largest absolute Gasteiger partial charge is 0.493 e. The Labute approximate surface area is 119 Å². The zero-order valence-electron chi connectivity index (χ0n) is 12.8. The molecule has 6 heteroatoms. The average molecular weight is 277 g/mol. The van der Waals surface area contributed by atoms with Gasteiger partial charge in [0.2, 0.25) is 0 Å². The maximum atomic E-state index is 5.47. The van der Waals surface area contributed by atoms with E-state index in [9.17, 15) is 0 Å². The summed E-state index contributed by atoms with van der Waals surface area (Å²) in [6.45, 7) is 7.91. The second kappa shape index (κ2) is 6.09. The van der Waals surface area contributed by atoms with E-state index in [1.807, 2.05) is 22.6 Å². The molecular formula is C14H23N5O. The van der Waals surface area contributed by atoms with E-state index in [1.54, 1.807) is 13.3 Å². The van der Waals surface area contributed by atoms with Gasteiger partial charge < -0.3 is 10.1 Å². The van der Waals surface area contributed by atoms with E-state index in [0.717, 1.165) is 35.8 Å². The predicted molar refractivity (Wildman–Crippen MR) is 77.9 cm³/mol. The summed E-state index contributed by atoms with van der Waals surface area (Å²) in [5, 5.41) is 12.3. The highest BCUT2D eigenvalue weighted by Gasteiger charge is 2.25. The summed E-state index contributed by atoms with van der Waals surface area (Å²) in [5.74, 6) is 0.807. The van der Waals surface area contributed by atoms with Crippen LogP contribution < -0.4 is 10.1 Å². The van der Waals surface area contributed by atoms with Crippen molar-refractivity contribution in [3.8, 4) is 5.75 Å². The molecule has 0 aliphatic carbocycles. The van der Waals surface area contributed by atoms with Crippen LogP contribution in [0, 0.1) is 6.92 Å². The zero-order valence-corrected chi connectivity index (χ0v) is 12.8. The number of hydrogen-bond acceptors (Lipinski definition) is 4. The molecule has 2 aromatic rings. The molecule has 0 aliphatic heterocycles. The molecule has 0 spiro atoms. The van der Waals surface area contributed by atoms with E-state index >= 15 is 0 Å². The summed E-state index contributed by atoms with van der Waals surface area (Å²) in [5.41, 5.74) is 3.35. The Morgan fingerprint density at radius 2 is 2.05 bits per heavy atom. The minimum atomic E-state index is 0.0334. The lowest BCUT2D eigenvalue weighted by Crippen LogP contribution is -2.25. The Hall–Kier alpha value is -1.82. The number of nitrogens with zero attached hydrogens (tertiary/aromatic N) is 4. The maximum Gasteiger partial charge on any atom is 0.161 e. The Bertz CT molecular complexity index is 551. The van der Waals surface area contributed by atoms with Crippen LogP contribution in [-0.2, 0) is 13.6 Å². The standard InChI is InChI=1S/C14H23N5O/c1-6-15-13(11-8-16-18(4)10(11)3)14-12(20-5)9-17-19(14)7-2/h8-9,13,15H,6-7H2,1-5H3. The van der Waals surface area contributed by atoms with Gasteiger partial charge in [-0.25, -0.2) is 0 Å². The molecule has 2 aromatic heterocycles. The highest BCUT2D eigenvalue weighted by atomic mass is 16.5. The molecule has 1 unspecified atom stereocenters. The smallest absolute Gasteiger partial charge is 0.161 e. The van der Waals surface area contributed by atoms with Crippen LogP contribution >= 0.6 is 0 Å². The molecule has 0 saturated carbocycles. The molecule has 0 aromatic carbocycles. The monoisotopic (exact) mass is 277 g/mol. The third-order valence-corrected chi connectivity index (χ3v) is 3.63.